The Morgan fingerprint density at radius 1 is 0.864 bits per heavy atom. The van der Waals surface area contributed by atoms with Crippen LogP contribution in [-0.4, -0.2) is 31.1 Å². The van der Waals surface area contributed by atoms with Crippen LogP contribution in [0.3, 0.4) is 0 Å². The van der Waals surface area contributed by atoms with Crippen molar-refractivity contribution in [2.24, 2.45) is 29.4 Å². The van der Waals surface area contributed by atoms with E-state index in [9.17, 15) is 0 Å². The van der Waals surface area contributed by atoms with E-state index in [-0.39, 0.29) is 0 Å². The summed E-state index contributed by atoms with van der Waals surface area (Å²) in [4.78, 5) is 2.84. The molecule has 0 aromatic rings. The van der Waals surface area contributed by atoms with Gasteiger partial charge in [0.2, 0.25) is 0 Å². The lowest BCUT2D eigenvalue weighted by Crippen LogP contribution is -2.38. The standard InChI is InChI=1S/C20H40N2/c1-3-17(2)14-22(15-19-7-5-4-6-8-19)16-20-11-9-18(13-21)10-12-20/h17-20H,3-16,21H2,1-2H3. The molecule has 0 aliphatic heterocycles. The van der Waals surface area contributed by atoms with E-state index >= 15 is 0 Å². The Kier molecular flexibility index (Phi) is 8.24. The predicted molar refractivity (Wildman–Crippen MR) is 97.0 cm³/mol. The first-order valence-corrected chi connectivity index (χ1v) is 10.1. The van der Waals surface area contributed by atoms with Crippen LogP contribution in [0.2, 0.25) is 0 Å². The van der Waals surface area contributed by atoms with E-state index in [4.69, 9.17) is 5.73 Å². The summed E-state index contributed by atoms with van der Waals surface area (Å²) in [5.41, 5.74) is 5.85. The van der Waals surface area contributed by atoms with Crippen LogP contribution in [-0.2, 0) is 0 Å². The molecule has 0 radical (unpaired) electrons. The average Bonchev–Trinajstić information content (AvgIpc) is 2.56. The molecule has 130 valence electrons. The molecule has 22 heavy (non-hydrogen) atoms. The smallest absolute Gasteiger partial charge is 0.000989 e. The maximum Gasteiger partial charge on any atom is 0.000989 e. The first-order valence-electron chi connectivity index (χ1n) is 10.1. The van der Waals surface area contributed by atoms with Crippen LogP contribution in [0.5, 0.6) is 0 Å². The van der Waals surface area contributed by atoms with Crippen LogP contribution in [0.15, 0.2) is 0 Å². The molecule has 0 saturated heterocycles. The Hall–Kier alpha value is -0.0800. The molecule has 2 fully saturated rings. The molecular formula is C20H40N2. The molecule has 0 aromatic carbocycles. The first-order chi connectivity index (χ1) is 10.7. The zero-order valence-corrected chi connectivity index (χ0v) is 15.2. The van der Waals surface area contributed by atoms with Gasteiger partial charge >= 0.3 is 0 Å². The summed E-state index contributed by atoms with van der Waals surface area (Å²) in [6.07, 6.45) is 14.3. The number of hydrogen-bond donors (Lipinski definition) is 1. The summed E-state index contributed by atoms with van der Waals surface area (Å²) in [7, 11) is 0. The number of rotatable bonds is 8. The van der Waals surface area contributed by atoms with E-state index in [1.54, 1.807) is 0 Å². The molecule has 0 spiro atoms. The fraction of sp³-hybridized carbons (Fsp3) is 1.00. The summed E-state index contributed by atoms with van der Waals surface area (Å²) >= 11 is 0. The first kappa shape index (κ1) is 18.3. The molecule has 1 atom stereocenters. The minimum atomic E-state index is 0.817. The van der Waals surface area contributed by atoms with Gasteiger partial charge in [0.05, 0.1) is 0 Å². The summed E-state index contributed by atoms with van der Waals surface area (Å²) < 4.78 is 0. The van der Waals surface area contributed by atoms with Gasteiger partial charge in [0.15, 0.2) is 0 Å². The Balaban J connectivity index is 1.81. The molecule has 1 unspecified atom stereocenters. The van der Waals surface area contributed by atoms with Crippen LogP contribution in [0, 0.1) is 23.7 Å². The molecule has 2 heteroatoms. The molecule has 0 aromatic heterocycles. The van der Waals surface area contributed by atoms with Crippen molar-refractivity contribution >= 4 is 0 Å². The topological polar surface area (TPSA) is 29.3 Å². The van der Waals surface area contributed by atoms with Crippen molar-refractivity contribution in [1.82, 2.24) is 4.90 Å². The van der Waals surface area contributed by atoms with Crippen molar-refractivity contribution in [3.63, 3.8) is 0 Å². The SMILES string of the molecule is CCC(C)CN(CC1CCCCC1)CC1CCC(CN)CC1. The van der Waals surface area contributed by atoms with Gasteiger partial charge in [-0.1, -0.05) is 39.5 Å². The Morgan fingerprint density at radius 3 is 1.95 bits per heavy atom. The lowest BCUT2D eigenvalue weighted by atomic mass is 9.81. The van der Waals surface area contributed by atoms with Crippen molar-refractivity contribution in [3.05, 3.63) is 0 Å². The van der Waals surface area contributed by atoms with Crippen LogP contribution >= 0.6 is 0 Å². The Bertz CT molecular complexity index is 277. The van der Waals surface area contributed by atoms with E-state index in [2.05, 4.69) is 18.7 Å². The quantitative estimate of drug-likeness (QED) is 0.705. The van der Waals surface area contributed by atoms with Gasteiger partial charge in [-0.3, -0.25) is 0 Å². The molecule has 2 rings (SSSR count). The Labute approximate surface area is 139 Å². The van der Waals surface area contributed by atoms with Crippen LogP contribution in [0.25, 0.3) is 0 Å². The molecular weight excluding hydrogens is 268 g/mol. The van der Waals surface area contributed by atoms with Gasteiger partial charge in [-0.25, -0.2) is 0 Å². The van der Waals surface area contributed by atoms with E-state index in [0.29, 0.717) is 0 Å². The maximum atomic E-state index is 5.85. The largest absolute Gasteiger partial charge is 0.330 e. The van der Waals surface area contributed by atoms with E-state index in [0.717, 1.165) is 30.2 Å². The summed E-state index contributed by atoms with van der Waals surface area (Å²) in [5.74, 6) is 3.59. The monoisotopic (exact) mass is 308 g/mol. The van der Waals surface area contributed by atoms with E-state index in [1.807, 2.05) is 0 Å². The van der Waals surface area contributed by atoms with E-state index < -0.39 is 0 Å². The highest BCUT2D eigenvalue weighted by Gasteiger charge is 2.24. The van der Waals surface area contributed by atoms with Crippen LogP contribution in [0.4, 0.5) is 0 Å². The van der Waals surface area contributed by atoms with Crippen molar-refractivity contribution in [2.45, 2.75) is 78.1 Å². The van der Waals surface area contributed by atoms with Gasteiger partial charge in [0, 0.05) is 19.6 Å². The average molecular weight is 309 g/mol. The zero-order valence-electron chi connectivity index (χ0n) is 15.2. The van der Waals surface area contributed by atoms with Crippen LogP contribution in [0.1, 0.15) is 78.1 Å². The highest BCUT2D eigenvalue weighted by molar-refractivity contribution is 4.78. The molecule has 0 amide bonds. The second-order valence-electron chi connectivity index (χ2n) is 8.36. The Morgan fingerprint density at radius 2 is 1.41 bits per heavy atom. The third-order valence-corrected chi connectivity index (χ3v) is 6.32. The van der Waals surface area contributed by atoms with Gasteiger partial charge in [-0.15, -0.1) is 0 Å². The summed E-state index contributed by atoms with van der Waals surface area (Å²) in [6.45, 7) is 9.74. The fourth-order valence-electron chi connectivity index (χ4n) is 4.54. The second-order valence-corrected chi connectivity index (χ2v) is 8.36. The summed E-state index contributed by atoms with van der Waals surface area (Å²) in [5, 5.41) is 0. The zero-order chi connectivity index (χ0) is 15.8. The molecule has 2 aliphatic carbocycles. The molecule has 0 bridgehead atoms. The molecule has 2 N–H and O–H groups in total. The van der Waals surface area contributed by atoms with Gasteiger partial charge in [0.1, 0.15) is 0 Å². The highest BCUT2D eigenvalue weighted by atomic mass is 15.1. The normalized spacial score (nSPS) is 28.9. The minimum Gasteiger partial charge on any atom is -0.330 e. The molecule has 2 saturated carbocycles. The second kappa shape index (κ2) is 9.93. The van der Waals surface area contributed by atoms with Crippen LogP contribution < -0.4 is 5.73 Å². The number of nitrogens with zero attached hydrogens (tertiary/aromatic N) is 1. The molecule has 2 aliphatic rings. The fourth-order valence-corrected chi connectivity index (χ4v) is 4.54. The van der Waals surface area contributed by atoms with Gasteiger partial charge in [-0.2, -0.15) is 0 Å². The third kappa shape index (κ3) is 6.20. The van der Waals surface area contributed by atoms with Crippen molar-refractivity contribution in [2.75, 3.05) is 26.2 Å². The highest BCUT2D eigenvalue weighted by Crippen LogP contribution is 2.30. The molecule has 0 heterocycles. The minimum absolute atomic E-state index is 0.817. The maximum absolute atomic E-state index is 5.85. The van der Waals surface area contributed by atoms with Gasteiger partial charge in [-0.05, 0) is 68.7 Å². The number of hydrogen-bond acceptors (Lipinski definition) is 2. The lowest BCUT2D eigenvalue weighted by Gasteiger charge is -2.36. The predicted octanol–water partition coefficient (Wildman–Crippen LogP) is 4.68. The number of nitrogens with two attached hydrogens (primary N) is 1. The summed E-state index contributed by atoms with van der Waals surface area (Å²) in [6, 6.07) is 0. The van der Waals surface area contributed by atoms with Crippen molar-refractivity contribution in [3.8, 4) is 0 Å². The van der Waals surface area contributed by atoms with E-state index in [1.165, 1.54) is 83.8 Å². The van der Waals surface area contributed by atoms with Gasteiger partial charge < -0.3 is 10.6 Å². The molecule has 2 nitrogen and oxygen atoms in total. The van der Waals surface area contributed by atoms with Gasteiger partial charge in [0.25, 0.3) is 0 Å². The van der Waals surface area contributed by atoms with Crippen molar-refractivity contribution < 1.29 is 0 Å². The lowest BCUT2D eigenvalue weighted by molar-refractivity contribution is 0.134. The third-order valence-electron chi connectivity index (χ3n) is 6.32. The van der Waals surface area contributed by atoms with Crippen molar-refractivity contribution in [1.29, 1.82) is 0 Å².